The fourth-order valence-electron chi connectivity index (χ4n) is 1.48. The van der Waals surface area contributed by atoms with Gasteiger partial charge in [-0.15, -0.1) is 0 Å². The Kier molecular flexibility index (Phi) is 3.61. The standard InChI is InChI=1S/C11H14ClN3O2/c1-11(6-13-7-11)17-5-10(16)15-9-4-2-3-8(12)14-9/h2-4,13H,5-7H2,1H3,(H,14,15,16). The molecular weight excluding hydrogens is 242 g/mol. The van der Waals surface area contributed by atoms with Gasteiger partial charge in [0.25, 0.3) is 5.91 Å². The summed E-state index contributed by atoms with van der Waals surface area (Å²) in [6, 6.07) is 5.05. The highest BCUT2D eigenvalue weighted by molar-refractivity contribution is 6.29. The molecule has 1 aromatic heterocycles. The topological polar surface area (TPSA) is 63.2 Å². The van der Waals surface area contributed by atoms with E-state index >= 15 is 0 Å². The van der Waals surface area contributed by atoms with Gasteiger partial charge in [0.05, 0.1) is 5.60 Å². The predicted octanol–water partition coefficient (Wildman–Crippen LogP) is 1.05. The number of nitrogens with zero attached hydrogens (tertiary/aromatic N) is 1. The van der Waals surface area contributed by atoms with Crippen molar-refractivity contribution in [2.75, 3.05) is 25.0 Å². The van der Waals surface area contributed by atoms with Gasteiger partial charge in [-0.1, -0.05) is 17.7 Å². The van der Waals surface area contributed by atoms with E-state index in [0.29, 0.717) is 11.0 Å². The maximum absolute atomic E-state index is 11.6. The van der Waals surface area contributed by atoms with Crippen LogP contribution in [0.5, 0.6) is 0 Å². The van der Waals surface area contributed by atoms with Crippen LogP contribution in [-0.4, -0.2) is 36.2 Å². The molecule has 2 N–H and O–H groups in total. The summed E-state index contributed by atoms with van der Waals surface area (Å²) in [5.41, 5.74) is -0.223. The third-order valence-corrected chi connectivity index (χ3v) is 2.74. The summed E-state index contributed by atoms with van der Waals surface area (Å²) in [5, 5.41) is 6.07. The molecule has 0 atom stereocenters. The van der Waals surface area contributed by atoms with Gasteiger partial charge in [-0.05, 0) is 19.1 Å². The molecule has 0 aliphatic carbocycles. The van der Waals surface area contributed by atoms with E-state index in [2.05, 4.69) is 15.6 Å². The first kappa shape index (κ1) is 12.3. The van der Waals surface area contributed by atoms with E-state index in [1.54, 1.807) is 18.2 Å². The van der Waals surface area contributed by atoms with Crippen molar-refractivity contribution < 1.29 is 9.53 Å². The molecule has 1 aromatic rings. The van der Waals surface area contributed by atoms with E-state index in [1.807, 2.05) is 6.92 Å². The van der Waals surface area contributed by atoms with Gasteiger partial charge in [0.1, 0.15) is 17.6 Å². The molecule has 0 aromatic carbocycles. The molecule has 1 fully saturated rings. The van der Waals surface area contributed by atoms with Crippen molar-refractivity contribution in [1.82, 2.24) is 10.3 Å². The van der Waals surface area contributed by atoms with Gasteiger partial charge in [-0.25, -0.2) is 4.98 Å². The first-order valence-corrected chi connectivity index (χ1v) is 5.72. The molecule has 1 aliphatic heterocycles. The molecule has 2 rings (SSSR count). The summed E-state index contributed by atoms with van der Waals surface area (Å²) >= 11 is 5.71. The summed E-state index contributed by atoms with van der Waals surface area (Å²) in [6.45, 7) is 3.53. The summed E-state index contributed by atoms with van der Waals surface area (Å²) < 4.78 is 5.49. The normalized spacial score (nSPS) is 17.3. The second kappa shape index (κ2) is 5.00. The highest BCUT2D eigenvalue weighted by atomic mass is 35.5. The second-order valence-corrected chi connectivity index (χ2v) is 4.62. The molecule has 17 heavy (non-hydrogen) atoms. The maximum Gasteiger partial charge on any atom is 0.251 e. The number of ether oxygens (including phenoxy) is 1. The molecular formula is C11H14ClN3O2. The first-order valence-electron chi connectivity index (χ1n) is 5.34. The Bertz CT molecular complexity index is 421. The number of halogens is 1. The molecule has 0 saturated carbocycles. The fraction of sp³-hybridized carbons (Fsp3) is 0.455. The third kappa shape index (κ3) is 3.39. The van der Waals surface area contributed by atoms with Crippen molar-refractivity contribution in [2.45, 2.75) is 12.5 Å². The number of carbonyl (C=O) groups excluding carboxylic acids is 1. The van der Waals surface area contributed by atoms with Crippen molar-refractivity contribution in [3.8, 4) is 0 Å². The van der Waals surface area contributed by atoms with Crippen molar-refractivity contribution in [3.63, 3.8) is 0 Å². The number of hydrogen-bond acceptors (Lipinski definition) is 4. The minimum absolute atomic E-state index is 0.0202. The minimum Gasteiger partial charge on any atom is -0.363 e. The largest absolute Gasteiger partial charge is 0.363 e. The zero-order valence-electron chi connectivity index (χ0n) is 9.50. The molecule has 2 heterocycles. The van der Waals surface area contributed by atoms with E-state index in [0.717, 1.165) is 13.1 Å². The van der Waals surface area contributed by atoms with Crippen LogP contribution < -0.4 is 10.6 Å². The minimum atomic E-state index is -0.229. The summed E-state index contributed by atoms with van der Waals surface area (Å²) in [6.07, 6.45) is 0. The second-order valence-electron chi connectivity index (χ2n) is 4.24. The van der Waals surface area contributed by atoms with Crippen LogP contribution in [0.25, 0.3) is 0 Å². The molecule has 5 nitrogen and oxygen atoms in total. The lowest BCUT2D eigenvalue weighted by Gasteiger charge is -2.38. The van der Waals surface area contributed by atoms with E-state index in [1.165, 1.54) is 0 Å². The smallest absolute Gasteiger partial charge is 0.251 e. The lowest BCUT2D eigenvalue weighted by atomic mass is 10.0. The number of nitrogens with one attached hydrogen (secondary N) is 2. The average Bonchev–Trinajstić information content (AvgIpc) is 2.24. The average molecular weight is 256 g/mol. The zero-order chi connectivity index (χ0) is 12.3. The molecule has 1 saturated heterocycles. The number of rotatable bonds is 4. The summed E-state index contributed by atoms with van der Waals surface area (Å²) in [7, 11) is 0. The molecule has 0 unspecified atom stereocenters. The van der Waals surface area contributed by atoms with Crippen LogP contribution in [0.4, 0.5) is 5.82 Å². The van der Waals surface area contributed by atoms with E-state index in [9.17, 15) is 4.79 Å². The lowest BCUT2D eigenvalue weighted by molar-refractivity contribution is -0.130. The number of amides is 1. The van der Waals surface area contributed by atoms with Crippen molar-refractivity contribution in [1.29, 1.82) is 0 Å². The number of carbonyl (C=O) groups is 1. The highest BCUT2D eigenvalue weighted by Crippen LogP contribution is 2.15. The van der Waals surface area contributed by atoms with Crippen LogP contribution in [0.3, 0.4) is 0 Å². The molecule has 0 spiro atoms. The van der Waals surface area contributed by atoms with Gasteiger partial charge in [-0.2, -0.15) is 0 Å². The Morgan fingerprint density at radius 2 is 2.41 bits per heavy atom. The van der Waals surface area contributed by atoms with E-state index in [-0.39, 0.29) is 18.1 Å². The van der Waals surface area contributed by atoms with Gasteiger partial charge >= 0.3 is 0 Å². The Morgan fingerprint density at radius 3 is 3.00 bits per heavy atom. The molecule has 1 aliphatic rings. The monoisotopic (exact) mass is 255 g/mol. The fourth-order valence-corrected chi connectivity index (χ4v) is 1.64. The van der Waals surface area contributed by atoms with Crippen LogP contribution in [-0.2, 0) is 9.53 Å². The first-order chi connectivity index (χ1) is 8.07. The Balaban J connectivity index is 1.81. The summed E-state index contributed by atoms with van der Waals surface area (Å²) in [4.78, 5) is 15.5. The Morgan fingerprint density at radius 1 is 1.65 bits per heavy atom. The van der Waals surface area contributed by atoms with Gasteiger partial charge in [-0.3, -0.25) is 4.79 Å². The highest BCUT2D eigenvalue weighted by Gasteiger charge is 2.32. The van der Waals surface area contributed by atoms with Crippen LogP contribution >= 0.6 is 11.6 Å². The number of aromatic nitrogens is 1. The number of hydrogen-bond donors (Lipinski definition) is 2. The third-order valence-electron chi connectivity index (χ3n) is 2.53. The van der Waals surface area contributed by atoms with Crippen LogP contribution in [0.15, 0.2) is 18.2 Å². The van der Waals surface area contributed by atoms with Crippen molar-refractivity contribution in [2.24, 2.45) is 0 Å². The molecule has 0 radical (unpaired) electrons. The quantitative estimate of drug-likeness (QED) is 0.790. The number of anilines is 1. The SMILES string of the molecule is CC1(OCC(=O)Nc2cccc(Cl)n2)CNC1. The van der Waals surface area contributed by atoms with Crippen molar-refractivity contribution in [3.05, 3.63) is 23.4 Å². The Hall–Kier alpha value is -1.17. The van der Waals surface area contributed by atoms with Gasteiger partial charge in [0.15, 0.2) is 0 Å². The molecule has 0 bridgehead atoms. The van der Waals surface area contributed by atoms with E-state index < -0.39 is 0 Å². The van der Waals surface area contributed by atoms with Gasteiger partial charge in [0, 0.05) is 13.1 Å². The van der Waals surface area contributed by atoms with Crippen LogP contribution in [0.1, 0.15) is 6.92 Å². The van der Waals surface area contributed by atoms with Gasteiger partial charge in [0.2, 0.25) is 0 Å². The van der Waals surface area contributed by atoms with Crippen molar-refractivity contribution >= 4 is 23.3 Å². The number of pyridine rings is 1. The zero-order valence-corrected chi connectivity index (χ0v) is 10.3. The van der Waals surface area contributed by atoms with Gasteiger partial charge < -0.3 is 15.4 Å². The molecule has 1 amide bonds. The lowest BCUT2D eigenvalue weighted by Crippen LogP contribution is -2.59. The molecule has 6 heteroatoms. The van der Waals surface area contributed by atoms with Crippen LogP contribution in [0, 0.1) is 0 Å². The van der Waals surface area contributed by atoms with Crippen LogP contribution in [0.2, 0.25) is 5.15 Å². The molecule has 92 valence electrons. The van der Waals surface area contributed by atoms with E-state index in [4.69, 9.17) is 16.3 Å². The summed E-state index contributed by atoms with van der Waals surface area (Å²) in [5.74, 6) is 0.205. The maximum atomic E-state index is 11.6. The Labute approximate surface area is 105 Å². The predicted molar refractivity (Wildman–Crippen MR) is 65.1 cm³/mol.